The second kappa shape index (κ2) is 7.55. The summed E-state index contributed by atoms with van der Waals surface area (Å²) in [6.07, 6.45) is 0. The molecule has 0 radical (unpaired) electrons. The van der Waals surface area contributed by atoms with Gasteiger partial charge in [0, 0.05) is 13.1 Å². The van der Waals surface area contributed by atoms with E-state index in [9.17, 15) is 4.79 Å². The molecule has 1 N–H and O–H groups in total. The van der Waals surface area contributed by atoms with Gasteiger partial charge in [-0.2, -0.15) is 0 Å². The first-order chi connectivity index (χ1) is 11.7. The number of rotatable bonds is 4. The first kappa shape index (κ1) is 16.6. The van der Waals surface area contributed by atoms with Crippen molar-refractivity contribution in [2.75, 3.05) is 43.6 Å². The maximum Gasteiger partial charge on any atom is 0.257 e. The molecule has 1 aliphatic heterocycles. The summed E-state index contributed by atoms with van der Waals surface area (Å²) < 4.78 is 10.5. The standard InChI is InChI=1S/C18H19ClN2O3/c1-23-13-6-7-14(15(19)12-13)18(22)20-16-4-2-3-5-17(16)21-8-10-24-11-9-21/h2-7,12H,8-11H2,1H3,(H,20,22). The molecular weight excluding hydrogens is 328 g/mol. The molecule has 2 aromatic rings. The van der Waals surface area contributed by atoms with E-state index in [4.69, 9.17) is 21.1 Å². The summed E-state index contributed by atoms with van der Waals surface area (Å²) in [5, 5.41) is 3.31. The van der Waals surface area contributed by atoms with Crippen LogP contribution in [0.5, 0.6) is 5.75 Å². The van der Waals surface area contributed by atoms with Gasteiger partial charge in [-0.25, -0.2) is 0 Å². The minimum atomic E-state index is -0.247. The first-order valence-corrected chi connectivity index (χ1v) is 8.13. The lowest BCUT2D eigenvalue weighted by Gasteiger charge is -2.30. The molecule has 0 aromatic heterocycles. The molecule has 0 spiro atoms. The number of morpholine rings is 1. The summed E-state index contributed by atoms with van der Waals surface area (Å²) in [4.78, 5) is 14.8. The van der Waals surface area contributed by atoms with Crippen molar-refractivity contribution >= 4 is 28.9 Å². The van der Waals surface area contributed by atoms with E-state index in [2.05, 4.69) is 10.2 Å². The van der Waals surface area contributed by atoms with Gasteiger partial charge in [0.1, 0.15) is 5.75 Å². The molecule has 2 aromatic carbocycles. The lowest BCUT2D eigenvalue weighted by molar-refractivity contribution is 0.102. The Bertz CT molecular complexity index is 730. The van der Waals surface area contributed by atoms with E-state index in [0.29, 0.717) is 29.5 Å². The number of benzene rings is 2. The van der Waals surface area contributed by atoms with E-state index < -0.39 is 0 Å². The number of anilines is 2. The van der Waals surface area contributed by atoms with Gasteiger partial charge in [-0.15, -0.1) is 0 Å². The third-order valence-electron chi connectivity index (χ3n) is 3.92. The molecule has 0 atom stereocenters. The van der Waals surface area contributed by atoms with Crippen molar-refractivity contribution in [2.24, 2.45) is 0 Å². The lowest BCUT2D eigenvalue weighted by atomic mass is 10.1. The van der Waals surface area contributed by atoms with E-state index in [1.165, 1.54) is 0 Å². The van der Waals surface area contributed by atoms with Gasteiger partial charge < -0.3 is 19.7 Å². The van der Waals surface area contributed by atoms with Gasteiger partial charge in [-0.1, -0.05) is 23.7 Å². The SMILES string of the molecule is COc1ccc(C(=O)Nc2ccccc2N2CCOCC2)c(Cl)c1. The molecule has 6 heteroatoms. The van der Waals surface area contributed by atoms with Gasteiger partial charge in [0.05, 0.1) is 42.3 Å². The molecule has 0 bridgehead atoms. The first-order valence-electron chi connectivity index (χ1n) is 7.75. The van der Waals surface area contributed by atoms with Gasteiger partial charge >= 0.3 is 0 Å². The average molecular weight is 347 g/mol. The molecule has 5 nitrogen and oxygen atoms in total. The highest BCUT2D eigenvalue weighted by atomic mass is 35.5. The van der Waals surface area contributed by atoms with E-state index in [-0.39, 0.29) is 5.91 Å². The van der Waals surface area contributed by atoms with Crippen molar-refractivity contribution < 1.29 is 14.3 Å². The number of halogens is 1. The fourth-order valence-corrected chi connectivity index (χ4v) is 2.91. The summed E-state index contributed by atoms with van der Waals surface area (Å²) in [5.74, 6) is 0.369. The third-order valence-corrected chi connectivity index (χ3v) is 4.24. The Hall–Kier alpha value is -2.24. The molecule has 3 rings (SSSR count). The summed E-state index contributed by atoms with van der Waals surface area (Å²) >= 11 is 6.19. The highest BCUT2D eigenvalue weighted by Gasteiger charge is 2.17. The maximum absolute atomic E-state index is 12.6. The van der Waals surface area contributed by atoms with Crippen LogP contribution in [0.15, 0.2) is 42.5 Å². The normalized spacial score (nSPS) is 14.3. The van der Waals surface area contributed by atoms with E-state index >= 15 is 0 Å². The fourth-order valence-electron chi connectivity index (χ4n) is 2.66. The lowest BCUT2D eigenvalue weighted by Crippen LogP contribution is -2.36. The Morgan fingerprint density at radius 2 is 1.96 bits per heavy atom. The zero-order valence-corrected chi connectivity index (χ0v) is 14.2. The number of methoxy groups -OCH3 is 1. The molecule has 0 saturated carbocycles. The zero-order valence-electron chi connectivity index (χ0n) is 13.4. The highest BCUT2D eigenvalue weighted by Crippen LogP contribution is 2.28. The van der Waals surface area contributed by atoms with Crippen molar-refractivity contribution in [3.8, 4) is 5.75 Å². The summed E-state index contributed by atoms with van der Waals surface area (Å²) in [7, 11) is 1.56. The van der Waals surface area contributed by atoms with Crippen LogP contribution in [0.25, 0.3) is 0 Å². The molecule has 0 unspecified atom stereocenters. The zero-order chi connectivity index (χ0) is 16.9. The van der Waals surface area contributed by atoms with Gasteiger partial charge in [0.25, 0.3) is 5.91 Å². The summed E-state index contributed by atoms with van der Waals surface area (Å²) in [5.41, 5.74) is 2.16. The van der Waals surface area contributed by atoms with Crippen molar-refractivity contribution in [3.05, 3.63) is 53.1 Å². The van der Waals surface area contributed by atoms with Crippen LogP contribution in [-0.4, -0.2) is 39.3 Å². The predicted octanol–water partition coefficient (Wildman–Crippen LogP) is 3.44. The second-order valence-corrected chi connectivity index (χ2v) is 5.82. The van der Waals surface area contributed by atoms with Crippen molar-refractivity contribution in [2.45, 2.75) is 0 Å². The predicted molar refractivity (Wildman–Crippen MR) is 95.4 cm³/mol. The Morgan fingerprint density at radius 3 is 2.67 bits per heavy atom. The Labute approximate surface area is 146 Å². The van der Waals surface area contributed by atoms with Gasteiger partial charge in [-0.05, 0) is 30.3 Å². The molecule has 126 valence electrons. The monoisotopic (exact) mass is 346 g/mol. The van der Waals surface area contributed by atoms with Crippen molar-refractivity contribution in [1.29, 1.82) is 0 Å². The van der Waals surface area contributed by atoms with Crippen LogP contribution in [0, 0.1) is 0 Å². The summed E-state index contributed by atoms with van der Waals surface area (Å²) in [6.45, 7) is 2.98. The van der Waals surface area contributed by atoms with Crippen LogP contribution >= 0.6 is 11.6 Å². The average Bonchev–Trinajstić information content (AvgIpc) is 2.62. The van der Waals surface area contributed by atoms with Gasteiger partial charge in [0.15, 0.2) is 0 Å². The Morgan fingerprint density at radius 1 is 1.21 bits per heavy atom. The second-order valence-electron chi connectivity index (χ2n) is 5.42. The number of carbonyl (C=O) groups is 1. The van der Waals surface area contributed by atoms with E-state index in [1.54, 1.807) is 25.3 Å². The number of nitrogens with one attached hydrogen (secondary N) is 1. The van der Waals surface area contributed by atoms with Gasteiger partial charge in [0.2, 0.25) is 0 Å². The topological polar surface area (TPSA) is 50.8 Å². The van der Waals surface area contributed by atoms with Crippen LogP contribution < -0.4 is 15.0 Å². The van der Waals surface area contributed by atoms with Crippen LogP contribution in [-0.2, 0) is 4.74 Å². The third kappa shape index (κ3) is 3.63. The van der Waals surface area contributed by atoms with Crippen LogP contribution in [0.1, 0.15) is 10.4 Å². The minimum absolute atomic E-state index is 0.247. The highest BCUT2D eigenvalue weighted by molar-refractivity contribution is 6.34. The van der Waals surface area contributed by atoms with Crippen LogP contribution in [0.2, 0.25) is 5.02 Å². The van der Waals surface area contributed by atoms with Crippen LogP contribution in [0.4, 0.5) is 11.4 Å². The number of ether oxygens (including phenoxy) is 2. The summed E-state index contributed by atoms with van der Waals surface area (Å²) in [6, 6.07) is 12.7. The maximum atomic E-state index is 12.6. The fraction of sp³-hybridized carbons (Fsp3) is 0.278. The van der Waals surface area contributed by atoms with Crippen LogP contribution in [0.3, 0.4) is 0 Å². The quantitative estimate of drug-likeness (QED) is 0.921. The number of nitrogens with zero attached hydrogens (tertiary/aromatic N) is 1. The molecule has 0 aliphatic carbocycles. The number of hydrogen-bond donors (Lipinski definition) is 1. The molecule has 1 aliphatic rings. The van der Waals surface area contributed by atoms with E-state index in [1.807, 2.05) is 24.3 Å². The van der Waals surface area contributed by atoms with Gasteiger partial charge in [-0.3, -0.25) is 4.79 Å². The number of para-hydroxylation sites is 2. The largest absolute Gasteiger partial charge is 0.497 e. The molecule has 24 heavy (non-hydrogen) atoms. The molecular formula is C18H19ClN2O3. The Kier molecular flexibility index (Phi) is 5.23. The molecule has 1 fully saturated rings. The molecule has 1 saturated heterocycles. The molecule has 1 heterocycles. The van der Waals surface area contributed by atoms with Crippen molar-refractivity contribution in [1.82, 2.24) is 0 Å². The van der Waals surface area contributed by atoms with E-state index in [0.717, 1.165) is 24.5 Å². The smallest absolute Gasteiger partial charge is 0.257 e. The van der Waals surface area contributed by atoms with Crippen molar-refractivity contribution in [3.63, 3.8) is 0 Å². The number of hydrogen-bond acceptors (Lipinski definition) is 4. The number of amides is 1. The number of carbonyl (C=O) groups excluding carboxylic acids is 1. The molecule has 1 amide bonds. The minimum Gasteiger partial charge on any atom is -0.497 e. The Balaban J connectivity index is 1.82.